The molecular formula is C12H20ClN3O. The van der Waals surface area contributed by atoms with E-state index in [9.17, 15) is 0 Å². The standard InChI is InChI=1S/C12H20ClN3O/c1-3-14-12-6-5-10(13)11(15-12)9-16(4-2)7-8-17/h5-6,17H,3-4,7-9H2,1-2H3,(H,14,15). The summed E-state index contributed by atoms with van der Waals surface area (Å²) >= 11 is 6.12. The Morgan fingerprint density at radius 2 is 2.18 bits per heavy atom. The van der Waals surface area contributed by atoms with Gasteiger partial charge in [-0.25, -0.2) is 4.98 Å². The summed E-state index contributed by atoms with van der Waals surface area (Å²) in [7, 11) is 0. The van der Waals surface area contributed by atoms with Crippen LogP contribution >= 0.6 is 11.6 Å². The molecule has 17 heavy (non-hydrogen) atoms. The van der Waals surface area contributed by atoms with Crippen LogP contribution in [0.4, 0.5) is 5.82 Å². The second-order valence-electron chi connectivity index (χ2n) is 3.75. The number of rotatable bonds is 7. The molecule has 2 N–H and O–H groups in total. The van der Waals surface area contributed by atoms with Crippen molar-refractivity contribution >= 4 is 17.4 Å². The molecule has 0 amide bonds. The molecule has 1 aromatic heterocycles. The highest BCUT2D eigenvalue weighted by molar-refractivity contribution is 6.31. The molecule has 0 unspecified atom stereocenters. The second-order valence-corrected chi connectivity index (χ2v) is 4.15. The lowest BCUT2D eigenvalue weighted by molar-refractivity contribution is 0.195. The van der Waals surface area contributed by atoms with E-state index in [0.717, 1.165) is 24.6 Å². The SMILES string of the molecule is CCNc1ccc(Cl)c(CN(CC)CCO)n1. The Morgan fingerprint density at radius 1 is 1.41 bits per heavy atom. The zero-order valence-electron chi connectivity index (χ0n) is 10.4. The minimum atomic E-state index is 0.151. The van der Waals surface area contributed by atoms with Crippen molar-refractivity contribution in [1.82, 2.24) is 9.88 Å². The second kappa shape index (κ2) is 7.48. The Balaban J connectivity index is 2.76. The minimum absolute atomic E-state index is 0.151. The number of likely N-dealkylation sites (N-methyl/N-ethyl adjacent to an activating group) is 1. The van der Waals surface area contributed by atoms with E-state index in [4.69, 9.17) is 16.7 Å². The molecule has 1 heterocycles. The van der Waals surface area contributed by atoms with E-state index in [-0.39, 0.29) is 6.61 Å². The number of aliphatic hydroxyl groups excluding tert-OH is 1. The van der Waals surface area contributed by atoms with Crippen molar-refractivity contribution in [2.45, 2.75) is 20.4 Å². The number of pyridine rings is 1. The number of anilines is 1. The molecule has 0 radical (unpaired) electrons. The van der Waals surface area contributed by atoms with E-state index in [1.807, 2.05) is 19.1 Å². The Bertz CT molecular complexity index is 347. The van der Waals surface area contributed by atoms with Gasteiger partial charge in [0.05, 0.1) is 17.3 Å². The molecule has 5 heteroatoms. The first-order chi connectivity index (χ1) is 8.21. The fourth-order valence-corrected chi connectivity index (χ4v) is 1.74. The number of hydrogen-bond donors (Lipinski definition) is 2. The predicted octanol–water partition coefficient (Wildman–Crippen LogP) is 1.98. The number of hydrogen-bond acceptors (Lipinski definition) is 4. The topological polar surface area (TPSA) is 48.4 Å². The molecule has 0 atom stereocenters. The smallest absolute Gasteiger partial charge is 0.126 e. The number of aromatic nitrogens is 1. The lowest BCUT2D eigenvalue weighted by Gasteiger charge is -2.19. The predicted molar refractivity (Wildman–Crippen MR) is 71.4 cm³/mol. The van der Waals surface area contributed by atoms with Crippen LogP contribution in [0.3, 0.4) is 0 Å². The molecule has 4 nitrogen and oxygen atoms in total. The molecule has 96 valence electrons. The van der Waals surface area contributed by atoms with Gasteiger partial charge >= 0.3 is 0 Å². The monoisotopic (exact) mass is 257 g/mol. The maximum atomic E-state index is 8.95. The third-order valence-electron chi connectivity index (χ3n) is 2.51. The first-order valence-electron chi connectivity index (χ1n) is 5.93. The Kier molecular flexibility index (Phi) is 6.26. The van der Waals surface area contributed by atoms with Crippen molar-refractivity contribution < 1.29 is 5.11 Å². The Morgan fingerprint density at radius 3 is 2.76 bits per heavy atom. The molecule has 0 saturated carbocycles. The Labute approximate surface area is 108 Å². The summed E-state index contributed by atoms with van der Waals surface area (Å²) in [4.78, 5) is 6.57. The molecule has 0 aromatic carbocycles. The largest absolute Gasteiger partial charge is 0.395 e. The van der Waals surface area contributed by atoms with Crippen LogP contribution in [-0.4, -0.2) is 41.2 Å². The third-order valence-corrected chi connectivity index (χ3v) is 2.86. The molecule has 1 rings (SSSR count). The molecule has 1 aromatic rings. The van der Waals surface area contributed by atoms with Gasteiger partial charge in [-0.05, 0) is 25.6 Å². The third kappa shape index (κ3) is 4.50. The van der Waals surface area contributed by atoms with Crippen LogP contribution < -0.4 is 5.32 Å². The minimum Gasteiger partial charge on any atom is -0.395 e. The van der Waals surface area contributed by atoms with Crippen LogP contribution in [0.15, 0.2) is 12.1 Å². The van der Waals surface area contributed by atoms with Crippen molar-refractivity contribution in [3.05, 3.63) is 22.8 Å². The van der Waals surface area contributed by atoms with E-state index < -0.39 is 0 Å². The maximum Gasteiger partial charge on any atom is 0.126 e. The molecule has 0 aliphatic rings. The molecular weight excluding hydrogens is 238 g/mol. The summed E-state index contributed by atoms with van der Waals surface area (Å²) in [6.07, 6.45) is 0. The summed E-state index contributed by atoms with van der Waals surface area (Å²) in [6, 6.07) is 3.73. The van der Waals surface area contributed by atoms with E-state index >= 15 is 0 Å². The van der Waals surface area contributed by atoms with E-state index in [2.05, 4.69) is 22.1 Å². The average Bonchev–Trinajstić information content (AvgIpc) is 2.33. The molecule has 0 fully saturated rings. The van der Waals surface area contributed by atoms with Gasteiger partial charge in [0.2, 0.25) is 0 Å². The number of halogens is 1. The summed E-state index contributed by atoms with van der Waals surface area (Å²) in [6.45, 7) is 7.23. The summed E-state index contributed by atoms with van der Waals surface area (Å²) < 4.78 is 0. The number of nitrogens with one attached hydrogen (secondary N) is 1. The highest BCUT2D eigenvalue weighted by Gasteiger charge is 2.08. The fourth-order valence-electron chi connectivity index (χ4n) is 1.58. The molecule has 0 spiro atoms. The van der Waals surface area contributed by atoms with Crippen LogP contribution in [0.25, 0.3) is 0 Å². The van der Waals surface area contributed by atoms with Crippen molar-refractivity contribution in [3.8, 4) is 0 Å². The van der Waals surface area contributed by atoms with Gasteiger partial charge < -0.3 is 10.4 Å². The molecule has 0 bridgehead atoms. The molecule has 0 aliphatic carbocycles. The van der Waals surface area contributed by atoms with Gasteiger partial charge in [-0.3, -0.25) is 4.90 Å². The lowest BCUT2D eigenvalue weighted by atomic mass is 10.3. The first-order valence-corrected chi connectivity index (χ1v) is 6.31. The van der Waals surface area contributed by atoms with Gasteiger partial charge in [0, 0.05) is 19.6 Å². The van der Waals surface area contributed by atoms with Crippen LogP contribution in [-0.2, 0) is 6.54 Å². The van der Waals surface area contributed by atoms with Crippen molar-refractivity contribution in [3.63, 3.8) is 0 Å². The van der Waals surface area contributed by atoms with Crippen LogP contribution in [0.1, 0.15) is 19.5 Å². The average molecular weight is 258 g/mol. The van der Waals surface area contributed by atoms with Crippen LogP contribution in [0.5, 0.6) is 0 Å². The van der Waals surface area contributed by atoms with Crippen LogP contribution in [0.2, 0.25) is 5.02 Å². The Hall–Kier alpha value is -0.840. The van der Waals surface area contributed by atoms with Crippen LogP contribution in [0, 0.1) is 0 Å². The first kappa shape index (κ1) is 14.2. The number of aliphatic hydroxyl groups is 1. The quantitative estimate of drug-likeness (QED) is 0.784. The van der Waals surface area contributed by atoms with Crippen molar-refractivity contribution in [1.29, 1.82) is 0 Å². The van der Waals surface area contributed by atoms with Gasteiger partial charge in [0.15, 0.2) is 0 Å². The van der Waals surface area contributed by atoms with Gasteiger partial charge in [0.25, 0.3) is 0 Å². The zero-order valence-corrected chi connectivity index (χ0v) is 11.2. The summed E-state index contributed by atoms with van der Waals surface area (Å²) in [5.41, 5.74) is 0.848. The van der Waals surface area contributed by atoms with Gasteiger partial charge in [-0.1, -0.05) is 18.5 Å². The lowest BCUT2D eigenvalue weighted by Crippen LogP contribution is -2.26. The van der Waals surface area contributed by atoms with Gasteiger partial charge in [-0.15, -0.1) is 0 Å². The number of nitrogens with zero attached hydrogens (tertiary/aromatic N) is 2. The van der Waals surface area contributed by atoms with E-state index in [1.165, 1.54) is 0 Å². The van der Waals surface area contributed by atoms with E-state index in [1.54, 1.807) is 0 Å². The normalized spacial score (nSPS) is 10.9. The van der Waals surface area contributed by atoms with E-state index in [0.29, 0.717) is 18.1 Å². The fraction of sp³-hybridized carbons (Fsp3) is 0.583. The maximum absolute atomic E-state index is 8.95. The highest BCUT2D eigenvalue weighted by atomic mass is 35.5. The summed E-state index contributed by atoms with van der Waals surface area (Å²) in [5.74, 6) is 0.840. The highest BCUT2D eigenvalue weighted by Crippen LogP contribution is 2.18. The molecule has 0 saturated heterocycles. The van der Waals surface area contributed by atoms with Crippen molar-refractivity contribution in [2.24, 2.45) is 0 Å². The zero-order chi connectivity index (χ0) is 12.7. The van der Waals surface area contributed by atoms with Gasteiger partial charge in [-0.2, -0.15) is 0 Å². The van der Waals surface area contributed by atoms with Gasteiger partial charge in [0.1, 0.15) is 5.82 Å². The summed E-state index contributed by atoms with van der Waals surface area (Å²) in [5, 5.41) is 12.8. The molecule has 0 aliphatic heterocycles. The van der Waals surface area contributed by atoms with Crippen molar-refractivity contribution in [2.75, 3.05) is 31.6 Å².